The lowest BCUT2D eigenvalue weighted by Crippen LogP contribution is -2.12. The molecule has 0 atom stereocenters. The van der Waals surface area contributed by atoms with Gasteiger partial charge in [-0.1, -0.05) is 19.3 Å². The summed E-state index contributed by atoms with van der Waals surface area (Å²) in [5.74, 6) is 0.0870. The number of nitriles is 1. The number of esters is 1. The number of hydrogen-bond acceptors (Lipinski definition) is 3. The van der Waals surface area contributed by atoms with Gasteiger partial charge in [-0.05, 0) is 18.8 Å². The standard InChI is InChI=1S/C9H13NO2/c10-7-12-9(11)6-8-4-2-1-3-5-8/h8H,1-6H2. The van der Waals surface area contributed by atoms with Crippen molar-refractivity contribution in [1.29, 1.82) is 5.26 Å². The van der Waals surface area contributed by atoms with Gasteiger partial charge in [-0.25, -0.2) is 0 Å². The van der Waals surface area contributed by atoms with E-state index >= 15 is 0 Å². The summed E-state index contributed by atoms with van der Waals surface area (Å²) in [7, 11) is 0. The molecule has 0 bridgehead atoms. The Morgan fingerprint density at radius 3 is 2.67 bits per heavy atom. The van der Waals surface area contributed by atoms with E-state index in [1.807, 2.05) is 0 Å². The van der Waals surface area contributed by atoms with Gasteiger partial charge in [0, 0.05) is 6.42 Å². The molecule has 0 N–H and O–H groups in total. The summed E-state index contributed by atoms with van der Waals surface area (Å²) in [5.41, 5.74) is 0. The zero-order valence-corrected chi connectivity index (χ0v) is 7.08. The SMILES string of the molecule is N#COC(=O)CC1CCCCC1. The molecule has 0 radical (unpaired) electrons. The van der Waals surface area contributed by atoms with Gasteiger partial charge in [-0.3, -0.25) is 4.79 Å². The number of nitrogens with zero attached hydrogens (tertiary/aromatic N) is 1. The maximum atomic E-state index is 10.9. The van der Waals surface area contributed by atoms with Gasteiger partial charge in [0.15, 0.2) is 0 Å². The molecule has 3 heteroatoms. The third-order valence-corrected chi connectivity index (χ3v) is 2.34. The van der Waals surface area contributed by atoms with Crippen LogP contribution in [0.4, 0.5) is 0 Å². The number of carbonyl (C=O) groups excluding carboxylic acids is 1. The fraction of sp³-hybridized carbons (Fsp3) is 0.778. The monoisotopic (exact) mass is 167 g/mol. The predicted molar refractivity (Wildman–Crippen MR) is 42.9 cm³/mol. The molecule has 0 aromatic heterocycles. The molecule has 1 rings (SSSR count). The Kier molecular flexibility index (Phi) is 3.59. The van der Waals surface area contributed by atoms with Crippen molar-refractivity contribution in [3.8, 4) is 6.26 Å². The Bertz CT molecular complexity index is 189. The molecule has 0 aliphatic heterocycles. The molecule has 0 aromatic carbocycles. The number of carbonyl (C=O) groups is 1. The van der Waals surface area contributed by atoms with Gasteiger partial charge in [0.25, 0.3) is 6.26 Å². The average molecular weight is 167 g/mol. The maximum Gasteiger partial charge on any atom is 0.321 e. The molecule has 0 aromatic rings. The number of ether oxygens (including phenoxy) is 1. The highest BCUT2D eigenvalue weighted by Gasteiger charge is 2.17. The van der Waals surface area contributed by atoms with E-state index < -0.39 is 0 Å². The van der Waals surface area contributed by atoms with Gasteiger partial charge in [0.1, 0.15) is 0 Å². The van der Waals surface area contributed by atoms with Crippen LogP contribution in [0.1, 0.15) is 38.5 Å². The smallest absolute Gasteiger partial charge is 0.321 e. The zero-order valence-electron chi connectivity index (χ0n) is 7.08. The fourth-order valence-corrected chi connectivity index (χ4v) is 1.72. The highest BCUT2D eigenvalue weighted by Crippen LogP contribution is 2.26. The topological polar surface area (TPSA) is 50.1 Å². The molecule has 0 spiro atoms. The first-order valence-electron chi connectivity index (χ1n) is 4.41. The van der Waals surface area contributed by atoms with Crippen LogP contribution in [0, 0.1) is 17.4 Å². The lowest BCUT2D eigenvalue weighted by molar-refractivity contribution is -0.138. The van der Waals surface area contributed by atoms with E-state index in [1.165, 1.54) is 25.5 Å². The van der Waals surface area contributed by atoms with E-state index in [-0.39, 0.29) is 5.97 Å². The molecule has 12 heavy (non-hydrogen) atoms. The van der Waals surface area contributed by atoms with E-state index in [0.29, 0.717) is 12.3 Å². The van der Waals surface area contributed by atoms with Gasteiger partial charge in [-0.2, -0.15) is 0 Å². The summed E-state index contributed by atoms with van der Waals surface area (Å²) < 4.78 is 4.21. The molecule has 3 nitrogen and oxygen atoms in total. The fourth-order valence-electron chi connectivity index (χ4n) is 1.72. The van der Waals surface area contributed by atoms with Crippen LogP contribution in [-0.2, 0) is 9.53 Å². The Morgan fingerprint density at radius 2 is 2.08 bits per heavy atom. The summed E-state index contributed by atoms with van der Waals surface area (Å²) in [5, 5.41) is 8.07. The van der Waals surface area contributed by atoms with Crippen LogP contribution in [-0.4, -0.2) is 5.97 Å². The Morgan fingerprint density at radius 1 is 1.42 bits per heavy atom. The van der Waals surface area contributed by atoms with Crippen molar-refractivity contribution in [3.05, 3.63) is 0 Å². The van der Waals surface area contributed by atoms with Crippen molar-refractivity contribution < 1.29 is 9.53 Å². The second kappa shape index (κ2) is 4.76. The summed E-state index contributed by atoms with van der Waals surface area (Å²) in [6.07, 6.45) is 7.76. The quantitative estimate of drug-likeness (QED) is 0.466. The molecule has 1 aliphatic carbocycles. The first-order chi connectivity index (χ1) is 5.83. The molecule has 0 saturated heterocycles. The molecule has 1 fully saturated rings. The third kappa shape index (κ3) is 2.91. The molecule has 1 aliphatic rings. The maximum absolute atomic E-state index is 10.9. The van der Waals surface area contributed by atoms with Gasteiger partial charge in [-0.15, -0.1) is 5.26 Å². The van der Waals surface area contributed by atoms with Crippen LogP contribution in [0.5, 0.6) is 0 Å². The van der Waals surface area contributed by atoms with Crippen LogP contribution in [0.3, 0.4) is 0 Å². The minimum Gasteiger partial charge on any atom is -0.351 e. The van der Waals surface area contributed by atoms with Crippen molar-refractivity contribution in [2.24, 2.45) is 5.92 Å². The van der Waals surface area contributed by atoms with Crippen molar-refractivity contribution in [2.45, 2.75) is 38.5 Å². The molecule has 0 amide bonds. The van der Waals surface area contributed by atoms with E-state index in [1.54, 1.807) is 0 Å². The Labute approximate surface area is 72.3 Å². The highest BCUT2D eigenvalue weighted by atomic mass is 16.5. The molecule has 66 valence electrons. The van der Waals surface area contributed by atoms with E-state index in [4.69, 9.17) is 5.26 Å². The normalized spacial score (nSPS) is 18.2. The van der Waals surface area contributed by atoms with Crippen molar-refractivity contribution in [1.82, 2.24) is 0 Å². The van der Waals surface area contributed by atoms with Gasteiger partial charge in [0.05, 0.1) is 0 Å². The minimum absolute atomic E-state index is 0.371. The van der Waals surface area contributed by atoms with E-state index in [9.17, 15) is 4.79 Å². The summed E-state index contributed by atoms with van der Waals surface area (Å²) in [6, 6.07) is 0. The van der Waals surface area contributed by atoms with Crippen molar-refractivity contribution in [2.75, 3.05) is 0 Å². The summed E-state index contributed by atoms with van der Waals surface area (Å²) in [6.45, 7) is 0. The third-order valence-electron chi connectivity index (χ3n) is 2.34. The van der Waals surface area contributed by atoms with E-state index in [0.717, 1.165) is 12.8 Å². The van der Waals surface area contributed by atoms with Crippen molar-refractivity contribution >= 4 is 5.97 Å². The molecule has 0 unspecified atom stereocenters. The first-order valence-corrected chi connectivity index (χ1v) is 4.41. The second-order valence-electron chi connectivity index (χ2n) is 3.27. The predicted octanol–water partition coefficient (Wildman–Crippen LogP) is 1.98. The number of rotatable bonds is 2. The van der Waals surface area contributed by atoms with Gasteiger partial charge >= 0.3 is 5.97 Å². The average Bonchev–Trinajstić information content (AvgIpc) is 2.06. The molecular weight excluding hydrogens is 154 g/mol. The van der Waals surface area contributed by atoms with Crippen LogP contribution in [0.15, 0.2) is 0 Å². The molecule has 0 heterocycles. The van der Waals surface area contributed by atoms with Gasteiger partial charge in [0.2, 0.25) is 0 Å². The number of hydrogen-bond donors (Lipinski definition) is 0. The summed E-state index contributed by atoms with van der Waals surface area (Å²) in [4.78, 5) is 10.9. The second-order valence-corrected chi connectivity index (χ2v) is 3.27. The van der Waals surface area contributed by atoms with E-state index in [2.05, 4.69) is 4.74 Å². The Hall–Kier alpha value is -1.04. The zero-order chi connectivity index (χ0) is 8.81. The first kappa shape index (κ1) is 9.05. The molecule has 1 saturated carbocycles. The van der Waals surface area contributed by atoms with Crippen LogP contribution in [0.2, 0.25) is 0 Å². The van der Waals surface area contributed by atoms with Crippen molar-refractivity contribution in [3.63, 3.8) is 0 Å². The molecular formula is C9H13NO2. The Balaban J connectivity index is 2.21. The largest absolute Gasteiger partial charge is 0.351 e. The van der Waals surface area contributed by atoms with Crippen LogP contribution in [0.25, 0.3) is 0 Å². The lowest BCUT2D eigenvalue weighted by Gasteiger charge is -2.19. The highest BCUT2D eigenvalue weighted by molar-refractivity contribution is 5.70. The van der Waals surface area contributed by atoms with Crippen LogP contribution < -0.4 is 0 Å². The minimum atomic E-state index is -0.371. The lowest BCUT2D eigenvalue weighted by atomic mass is 9.87. The van der Waals surface area contributed by atoms with Crippen LogP contribution >= 0.6 is 0 Å². The van der Waals surface area contributed by atoms with Gasteiger partial charge < -0.3 is 4.74 Å². The summed E-state index contributed by atoms with van der Waals surface area (Å²) >= 11 is 0.